The van der Waals surface area contributed by atoms with E-state index in [9.17, 15) is 0 Å². The van der Waals surface area contributed by atoms with Crippen LogP contribution < -0.4 is 0 Å². The van der Waals surface area contributed by atoms with Crippen molar-refractivity contribution in [3.63, 3.8) is 0 Å². The van der Waals surface area contributed by atoms with Crippen LogP contribution in [0.15, 0.2) is 255 Å². The Hall–Kier alpha value is -10.3. The lowest BCUT2D eigenvalue weighted by molar-refractivity contribution is 0.953. The third-order valence-corrected chi connectivity index (χ3v) is 14.5. The maximum atomic E-state index is 5.53. The summed E-state index contributed by atoms with van der Waals surface area (Å²) in [6, 6.07) is 89.3. The van der Waals surface area contributed by atoms with Crippen molar-refractivity contribution in [1.82, 2.24) is 38.6 Å². The van der Waals surface area contributed by atoms with E-state index in [0.29, 0.717) is 23.4 Å². The fourth-order valence-electron chi connectivity index (χ4n) is 11.1. The standard InChI is InChI=1S/C67H42N8/c1-6-20-43(21-7-1)61-63-62(69-64(68-61)44-22-8-2-9-23-44)55-41-48(47-34-37-58-53(40-47)51-30-16-18-32-56(51)73(58)49-28-14-5-15-29-49)35-38-60(55)74(63)50-36-39-59-54(42-50)52-31-17-19-33-57(52)75(59)67-71-65(45-24-10-3-11-25-45)70-66(72-67)46-26-12-4-13-27-46/h1-42H. The van der Waals surface area contributed by atoms with Crippen LogP contribution in [0.2, 0.25) is 0 Å². The maximum Gasteiger partial charge on any atom is 0.238 e. The van der Waals surface area contributed by atoms with Crippen LogP contribution in [0.1, 0.15) is 0 Å². The molecule has 15 rings (SSSR count). The second-order valence-corrected chi connectivity index (χ2v) is 18.9. The van der Waals surface area contributed by atoms with Crippen LogP contribution in [0.3, 0.4) is 0 Å². The average molecular weight is 959 g/mol. The molecule has 10 aromatic carbocycles. The van der Waals surface area contributed by atoms with Gasteiger partial charge in [0.05, 0.1) is 38.8 Å². The molecule has 0 saturated heterocycles. The highest BCUT2D eigenvalue weighted by Gasteiger charge is 2.24. The Morgan fingerprint density at radius 2 is 0.667 bits per heavy atom. The summed E-state index contributed by atoms with van der Waals surface area (Å²) in [5.41, 5.74) is 16.1. The van der Waals surface area contributed by atoms with Crippen molar-refractivity contribution in [1.29, 1.82) is 0 Å². The third-order valence-electron chi connectivity index (χ3n) is 14.5. The van der Waals surface area contributed by atoms with Crippen LogP contribution in [0.25, 0.3) is 139 Å². The normalized spacial score (nSPS) is 11.7. The summed E-state index contributed by atoms with van der Waals surface area (Å²) < 4.78 is 6.89. The Morgan fingerprint density at radius 1 is 0.240 bits per heavy atom. The molecule has 0 amide bonds. The molecule has 0 bridgehead atoms. The predicted molar refractivity (Wildman–Crippen MR) is 306 cm³/mol. The summed E-state index contributed by atoms with van der Waals surface area (Å²) in [6.45, 7) is 0. The molecule has 8 nitrogen and oxygen atoms in total. The molecule has 0 N–H and O–H groups in total. The highest BCUT2D eigenvalue weighted by Crippen LogP contribution is 2.42. The third kappa shape index (κ3) is 6.95. The molecule has 0 aliphatic rings. The minimum absolute atomic E-state index is 0.544. The van der Waals surface area contributed by atoms with Gasteiger partial charge in [0.15, 0.2) is 17.5 Å². The van der Waals surface area contributed by atoms with Gasteiger partial charge in [-0.1, -0.05) is 188 Å². The Balaban J connectivity index is 0.978. The van der Waals surface area contributed by atoms with E-state index in [4.69, 9.17) is 24.9 Å². The largest absolute Gasteiger partial charge is 0.309 e. The highest BCUT2D eigenvalue weighted by atomic mass is 15.2. The number of hydrogen-bond donors (Lipinski definition) is 0. The number of nitrogens with zero attached hydrogens (tertiary/aromatic N) is 8. The SMILES string of the molecule is c1ccc(-c2nc(-c3ccccc3)nc(-n3c4ccccc4c4cc(-n5c6ccc(-c7ccc8c(c7)c7ccccc7n8-c7ccccc7)cc6c6nc(-c7ccccc7)nc(-c7ccccc7)c65)ccc43)n2)cc1. The van der Waals surface area contributed by atoms with Gasteiger partial charge in [-0.25, -0.2) is 15.0 Å². The maximum absolute atomic E-state index is 5.53. The Bertz CT molecular complexity index is 4620. The molecule has 350 valence electrons. The summed E-state index contributed by atoms with van der Waals surface area (Å²) in [5, 5.41) is 5.58. The van der Waals surface area contributed by atoms with Gasteiger partial charge >= 0.3 is 0 Å². The fourth-order valence-corrected chi connectivity index (χ4v) is 11.1. The van der Waals surface area contributed by atoms with Gasteiger partial charge in [-0.15, -0.1) is 0 Å². The molecule has 15 aromatic rings. The second-order valence-electron chi connectivity index (χ2n) is 18.9. The fraction of sp³-hybridized carbons (Fsp3) is 0. The molecule has 0 aliphatic carbocycles. The van der Waals surface area contributed by atoms with Gasteiger partial charge in [0.25, 0.3) is 0 Å². The number of rotatable bonds is 8. The first-order chi connectivity index (χ1) is 37.2. The molecule has 0 spiro atoms. The quantitative estimate of drug-likeness (QED) is 0.152. The van der Waals surface area contributed by atoms with E-state index in [1.54, 1.807) is 0 Å². The van der Waals surface area contributed by atoms with Crippen LogP contribution >= 0.6 is 0 Å². The molecule has 5 heterocycles. The first kappa shape index (κ1) is 42.4. The Labute approximate surface area is 430 Å². The van der Waals surface area contributed by atoms with Gasteiger partial charge in [0.1, 0.15) is 5.52 Å². The first-order valence-corrected chi connectivity index (χ1v) is 25.2. The average Bonchev–Trinajstić information content (AvgIpc) is 4.21. The molecule has 8 heteroatoms. The van der Waals surface area contributed by atoms with Crippen molar-refractivity contribution in [3.8, 4) is 73.9 Å². The molecule has 0 saturated carbocycles. The van der Waals surface area contributed by atoms with Gasteiger partial charge in [-0.05, 0) is 77.9 Å². The van der Waals surface area contributed by atoms with E-state index in [2.05, 4.69) is 190 Å². The van der Waals surface area contributed by atoms with Crippen LogP contribution in [0, 0.1) is 0 Å². The van der Waals surface area contributed by atoms with Gasteiger partial charge in [0, 0.05) is 60.6 Å². The van der Waals surface area contributed by atoms with Gasteiger partial charge in [-0.3, -0.25) is 4.57 Å². The number of fused-ring (bicyclic) bond motifs is 9. The number of para-hydroxylation sites is 3. The highest BCUT2D eigenvalue weighted by molar-refractivity contribution is 6.15. The first-order valence-electron chi connectivity index (χ1n) is 25.2. The summed E-state index contributed by atoms with van der Waals surface area (Å²) in [7, 11) is 0. The van der Waals surface area contributed by atoms with Crippen molar-refractivity contribution in [2.24, 2.45) is 0 Å². The molecule has 0 aliphatic heterocycles. The van der Waals surface area contributed by atoms with E-state index < -0.39 is 0 Å². The Morgan fingerprint density at radius 3 is 1.25 bits per heavy atom. The van der Waals surface area contributed by atoms with Crippen molar-refractivity contribution in [3.05, 3.63) is 255 Å². The Kier molecular flexibility index (Phi) is 9.71. The van der Waals surface area contributed by atoms with Gasteiger partial charge in [0.2, 0.25) is 5.95 Å². The number of hydrogen-bond acceptors (Lipinski definition) is 5. The van der Waals surface area contributed by atoms with E-state index in [1.807, 2.05) is 78.9 Å². The zero-order valence-electron chi connectivity index (χ0n) is 40.3. The monoisotopic (exact) mass is 958 g/mol. The molecule has 5 aromatic heterocycles. The molecular formula is C67H42N8. The van der Waals surface area contributed by atoms with Gasteiger partial charge in [-0.2, -0.15) is 9.97 Å². The lowest BCUT2D eigenvalue weighted by atomic mass is 10.0. The summed E-state index contributed by atoms with van der Waals surface area (Å²) in [5.74, 6) is 2.42. The molecule has 0 atom stereocenters. The lowest BCUT2D eigenvalue weighted by Crippen LogP contribution is -2.06. The van der Waals surface area contributed by atoms with Gasteiger partial charge < -0.3 is 9.13 Å². The second kappa shape index (κ2) is 17.2. The van der Waals surface area contributed by atoms with E-state index in [1.165, 1.54) is 16.3 Å². The smallest absolute Gasteiger partial charge is 0.238 e. The van der Waals surface area contributed by atoms with E-state index in [0.717, 1.165) is 99.7 Å². The van der Waals surface area contributed by atoms with Crippen molar-refractivity contribution >= 4 is 65.5 Å². The van der Waals surface area contributed by atoms with E-state index in [-0.39, 0.29) is 0 Å². The van der Waals surface area contributed by atoms with Crippen LogP contribution in [0.4, 0.5) is 0 Å². The number of benzene rings is 10. The van der Waals surface area contributed by atoms with Crippen molar-refractivity contribution in [2.45, 2.75) is 0 Å². The topological polar surface area (TPSA) is 79.2 Å². The lowest BCUT2D eigenvalue weighted by Gasteiger charge is -2.13. The van der Waals surface area contributed by atoms with E-state index >= 15 is 0 Å². The van der Waals surface area contributed by atoms with Crippen LogP contribution in [-0.2, 0) is 0 Å². The summed E-state index contributed by atoms with van der Waals surface area (Å²) >= 11 is 0. The molecule has 0 radical (unpaired) electrons. The molecule has 0 fully saturated rings. The minimum atomic E-state index is 0.544. The molecule has 0 unspecified atom stereocenters. The predicted octanol–water partition coefficient (Wildman–Crippen LogP) is 16.3. The summed E-state index contributed by atoms with van der Waals surface area (Å²) in [6.07, 6.45) is 0. The minimum Gasteiger partial charge on any atom is -0.309 e. The zero-order chi connectivity index (χ0) is 49.4. The van der Waals surface area contributed by atoms with Crippen LogP contribution in [-0.4, -0.2) is 38.6 Å². The van der Waals surface area contributed by atoms with Crippen LogP contribution in [0.5, 0.6) is 0 Å². The molecular weight excluding hydrogens is 917 g/mol. The number of aromatic nitrogens is 8. The van der Waals surface area contributed by atoms with Crippen molar-refractivity contribution < 1.29 is 0 Å². The molecule has 75 heavy (non-hydrogen) atoms. The zero-order valence-corrected chi connectivity index (χ0v) is 40.3. The van der Waals surface area contributed by atoms with Crippen molar-refractivity contribution in [2.75, 3.05) is 0 Å². The summed E-state index contributed by atoms with van der Waals surface area (Å²) in [4.78, 5) is 26.4.